The summed E-state index contributed by atoms with van der Waals surface area (Å²) >= 11 is 1.66. The van der Waals surface area contributed by atoms with Crippen LogP contribution in [0.1, 0.15) is 5.82 Å². The molecule has 0 atom stereocenters. The largest absolute Gasteiger partial charge is 0.486 e. The molecular formula is C23H25N5O8S. The lowest BCUT2D eigenvalue weighted by molar-refractivity contribution is -0.384. The van der Waals surface area contributed by atoms with E-state index in [1.165, 1.54) is 12.1 Å². The summed E-state index contributed by atoms with van der Waals surface area (Å²) in [4.78, 5) is 31.0. The van der Waals surface area contributed by atoms with Gasteiger partial charge >= 0.3 is 11.9 Å². The van der Waals surface area contributed by atoms with E-state index >= 15 is 0 Å². The summed E-state index contributed by atoms with van der Waals surface area (Å²) in [6.45, 7) is 4.65. The third-order valence-corrected chi connectivity index (χ3v) is 5.96. The first kappa shape index (κ1) is 27.6. The summed E-state index contributed by atoms with van der Waals surface area (Å²) in [7, 11) is 0. The average molecular weight is 532 g/mol. The van der Waals surface area contributed by atoms with Crippen molar-refractivity contribution in [2.24, 2.45) is 0 Å². The number of aromatic nitrogens is 3. The predicted molar refractivity (Wildman–Crippen MR) is 132 cm³/mol. The fourth-order valence-corrected chi connectivity index (χ4v) is 4.20. The summed E-state index contributed by atoms with van der Waals surface area (Å²) in [5.74, 6) is -1.55. The number of benzene rings is 2. The Kier molecular flexibility index (Phi) is 10.4. The van der Waals surface area contributed by atoms with Crippen LogP contribution >= 0.6 is 11.8 Å². The molecule has 2 N–H and O–H groups in total. The van der Waals surface area contributed by atoms with Crippen molar-refractivity contribution in [3.8, 4) is 11.4 Å². The molecule has 0 saturated carbocycles. The van der Waals surface area contributed by atoms with E-state index in [9.17, 15) is 10.1 Å². The minimum atomic E-state index is -1.82. The number of aliphatic carboxylic acids is 2. The number of ether oxygens (including phenoxy) is 2. The van der Waals surface area contributed by atoms with Gasteiger partial charge in [0.2, 0.25) is 0 Å². The molecule has 0 amide bonds. The highest BCUT2D eigenvalue weighted by Gasteiger charge is 2.17. The molecule has 37 heavy (non-hydrogen) atoms. The van der Waals surface area contributed by atoms with Crippen molar-refractivity contribution in [2.45, 2.75) is 11.8 Å². The van der Waals surface area contributed by atoms with Crippen LogP contribution in [0.2, 0.25) is 0 Å². The van der Waals surface area contributed by atoms with Crippen molar-refractivity contribution in [2.75, 3.05) is 38.6 Å². The second-order valence-electron chi connectivity index (χ2n) is 7.52. The zero-order valence-corrected chi connectivity index (χ0v) is 20.5. The van der Waals surface area contributed by atoms with E-state index in [0.29, 0.717) is 11.6 Å². The number of carbonyl (C=O) groups is 2. The first-order chi connectivity index (χ1) is 17.8. The molecule has 1 fully saturated rings. The Bertz CT molecular complexity index is 1170. The molecule has 0 spiro atoms. The molecule has 0 unspecified atom stereocenters. The van der Waals surface area contributed by atoms with Gasteiger partial charge in [0.25, 0.3) is 5.69 Å². The smallest absolute Gasteiger partial charge is 0.414 e. The Labute approximate surface area is 215 Å². The van der Waals surface area contributed by atoms with Gasteiger partial charge in [0.15, 0.2) is 11.0 Å². The quantitative estimate of drug-likeness (QED) is 0.179. The first-order valence-corrected chi connectivity index (χ1v) is 12.1. The molecule has 0 bridgehead atoms. The van der Waals surface area contributed by atoms with Crippen LogP contribution in [0.3, 0.4) is 0 Å². The zero-order valence-electron chi connectivity index (χ0n) is 19.6. The van der Waals surface area contributed by atoms with Crippen molar-refractivity contribution in [3.05, 3.63) is 70.5 Å². The fraction of sp³-hybridized carbons (Fsp3) is 0.304. The zero-order chi connectivity index (χ0) is 26.6. The van der Waals surface area contributed by atoms with Crippen LogP contribution in [-0.2, 0) is 20.9 Å². The maximum absolute atomic E-state index is 10.8. The lowest BCUT2D eigenvalue weighted by Crippen LogP contribution is -2.37. The highest BCUT2D eigenvalue weighted by atomic mass is 32.2. The Morgan fingerprint density at radius 1 is 1.03 bits per heavy atom. The van der Waals surface area contributed by atoms with E-state index in [1.54, 1.807) is 23.9 Å². The molecule has 13 nitrogen and oxygen atoms in total. The SMILES string of the molecule is O=C(O)C(=O)O.O=[N+]([O-])c1ccc(OCc2nnc(SCCN3CCOCC3)n2-c2ccccc2)cc1. The van der Waals surface area contributed by atoms with E-state index in [-0.39, 0.29) is 12.3 Å². The van der Waals surface area contributed by atoms with Gasteiger partial charge in [0.1, 0.15) is 12.4 Å². The van der Waals surface area contributed by atoms with Crippen LogP contribution in [0.4, 0.5) is 5.69 Å². The summed E-state index contributed by atoms with van der Waals surface area (Å²) in [6.07, 6.45) is 0. The first-order valence-electron chi connectivity index (χ1n) is 11.1. The number of morpholine rings is 1. The second kappa shape index (κ2) is 13.9. The van der Waals surface area contributed by atoms with Gasteiger partial charge in [0.05, 0.1) is 18.1 Å². The van der Waals surface area contributed by atoms with Crippen LogP contribution in [0.15, 0.2) is 59.8 Å². The number of hydrogen-bond acceptors (Lipinski definition) is 10. The van der Waals surface area contributed by atoms with Crippen LogP contribution in [0.5, 0.6) is 5.75 Å². The molecule has 4 rings (SSSR count). The molecule has 2 aromatic carbocycles. The van der Waals surface area contributed by atoms with Gasteiger partial charge in [-0.25, -0.2) is 9.59 Å². The molecule has 196 valence electrons. The highest BCUT2D eigenvalue weighted by molar-refractivity contribution is 7.99. The number of nitro groups is 1. The Morgan fingerprint density at radius 2 is 1.68 bits per heavy atom. The topological polar surface area (TPSA) is 170 Å². The van der Waals surface area contributed by atoms with Crippen LogP contribution in [0, 0.1) is 10.1 Å². The minimum absolute atomic E-state index is 0.0266. The minimum Gasteiger partial charge on any atom is -0.486 e. The predicted octanol–water partition coefficient (Wildman–Crippen LogP) is 2.33. The molecule has 1 saturated heterocycles. The summed E-state index contributed by atoms with van der Waals surface area (Å²) in [6, 6.07) is 15.9. The normalized spacial score (nSPS) is 13.3. The lowest BCUT2D eigenvalue weighted by Gasteiger charge is -2.26. The summed E-state index contributed by atoms with van der Waals surface area (Å²) < 4.78 is 13.2. The standard InChI is InChI=1S/C21H23N5O4S.C2H2O4/c27-26(28)18-6-8-19(9-7-18)30-16-20-22-23-21(25(20)17-4-2-1-3-5-17)31-15-12-24-10-13-29-14-11-24;3-1(4)2(5)6/h1-9H,10-16H2;(H,3,4)(H,5,6). The van der Waals surface area contributed by atoms with Crippen molar-refractivity contribution >= 4 is 29.4 Å². The van der Waals surface area contributed by atoms with E-state index in [0.717, 1.165) is 49.4 Å². The maximum atomic E-state index is 10.8. The van der Waals surface area contributed by atoms with Gasteiger partial charge in [-0.1, -0.05) is 30.0 Å². The van der Waals surface area contributed by atoms with Gasteiger partial charge in [-0.2, -0.15) is 0 Å². The number of thioether (sulfide) groups is 1. The lowest BCUT2D eigenvalue weighted by atomic mass is 10.3. The van der Waals surface area contributed by atoms with Crippen LogP contribution < -0.4 is 4.74 Å². The number of hydrogen-bond donors (Lipinski definition) is 2. The van der Waals surface area contributed by atoms with Gasteiger partial charge in [-0.05, 0) is 24.3 Å². The molecule has 3 aromatic rings. The molecule has 0 radical (unpaired) electrons. The van der Waals surface area contributed by atoms with Crippen molar-refractivity contribution in [1.82, 2.24) is 19.7 Å². The van der Waals surface area contributed by atoms with Crippen molar-refractivity contribution in [3.63, 3.8) is 0 Å². The van der Waals surface area contributed by atoms with E-state index in [4.69, 9.17) is 29.3 Å². The monoisotopic (exact) mass is 531 g/mol. The number of rotatable bonds is 9. The number of nitrogens with zero attached hydrogens (tertiary/aromatic N) is 5. The maximum Gasteiger partial charge on any atom is 0.414 e. The second-order valence-corrected chi connectivity index (χ2v) is 8.58. The van der Waals surface area contributed by atoms with Crippen LogP contribution in [-0.4, -0.2) is 85.3 Å². The van der Waals surface area contributed by atoms with Gasteiger partial charge < -0.3 is 19.7 Å². The molecule has 0 aliphatic carbocycles. The van der Waals surface area contributed by atoms with Crippen molar-refractivity contribution < 1.29 is 34.2 Å². The van der Waals surface area contributed by atoms with Gasteiger partial charge in [0, 0.05) is 43.2 Å². The number of nitro benzene ring substituents is 1. The fourth-order valence-electron chi connectivity index (χ4n) is 3.23. The van der Waals surface area contributed by atoms with Crippen LogP contribution in [0.25, 0.3) is 5.69 Å². The summed E-state index contributed by atoms with van der Waals surface area (Å²) in [5, 5.41) is 35.1. The van der Waals surface area contributed by atoms with Gasteiger partial charge in [-0.3, -0.25) is 19.6 Å². The summed E-state index contributed by atoms with van der Waals surface area (Å²) in [5.41, 5.74) is 0.988. The Balaban J connectivity index is 0.000000568. The number of non-ortho nitro benzene ring substituents is 1. The van der Waals surface area contributed by atoms with E-state index in [1.807, 2.05) is 34.9 Å². The molecule has 14 heteroatoms. The van der Waals surface area contributed by atoms with E-state index in [2.05, 4.69) is 15.1 Å². The Morgan fingerprint density at radius 3 is 2.27 bits per heavy atom. The number of para-hydroxylation sites is 1. The highest BCUT2D eigenvalue weighted by Crippen LogP contribution is 2.24. The average Bonchev–Trinajstić information content (AvgIpc) is 3.31. The van der Waals surface area contributed by atoms with E-state index < -0.39 is 16.9 Å². The third kappa shape index (κ3) is 8.56. The van der Waals surface area contributed by atoms with Crippen molar-refractivity contribution in [1.29, 1.82) is 0 Å². The third-order valence-electron chi connectivity index (χ3n) is 5.06. The molecule has 2 heterocycles. The van der Waals surface area contributed by atoms with Gasteiger partial charge in [-0.15, -0.1) is 10.2 Å². The molecule has 1 aliphatic rings. The molecule has 1 aliphatic heterocycles. The Hall–Kier alpha value is -4.01. The number of carboxylic acid groups (broad SMARTS) is 2. The molecule has 1 aromatic heterocycles. The number of carboxylic acids is 2. The molecular weight excluding hydrogens is 506 g/mol.